The zero-order chi connectivity index (χ0) is 24.4. The number of hydrogen-bond acceptors (Lipinski definition) is 6. The van der Waals surface area contributed by atoms with Crippen molar-refractivity contribution in [2.75, 3.05) is 13.4 Å². The van der Waals surface area contributed by atoms with Gasteiger partial charge in [-0.3, -0.25) is 22.9 Å². The normalized spacial score (nSPS) is 12.7. The van der Waals surface area contributed by atoms with Gasteiger partial charge in [-0.15, -0.1) is 0 Å². The summed E-state index contributed by atoms with van der Waals surface area (Å²) in [5.41, 5.74) is 1.96. The van der Waals surface area contributed by atoms with Crippen LogP contribution in [-0.2, 0) is 14.1 Å². The average molecular weight is 494 g/mol. The highest BCUT2D eigenvalue weighted by Crippen LogP contribution is 2.38. The van der Waals surface area contributed by atoms with E-state index in [1.807, 2.05) is 48.0 Å². The number of aryl methyl sites for hydroxylation is 1. The van der Waals surface area contributed by atoms with Crippen LogP contribution in [0.4, 0.5) is 0 Å². The van der Waals surface area contributed by atoms with Gasteiger partial charge in [0, 0.05) is 31.9 Å². The monoisotopic (exact) mass is 493 g/mol. The molecule has 0 bridgehead atoms. The second-order valence-electron chi connectivity index (χ2n) is 8.13. The van der Waals surface area contributed by atoms with Gasteiger partial charge in [0.1, 0.15) is 5.75 Å². The SMILES string of the molecule is CCOc1ccc(-c2cn3c4c(=O)n(C)c(=O)n(C)c4nc3n2-c2ccc3c(c2)OCO3)cc1Cl. The first kappa shape index (κ1) is 21.4. The zero-order valence-electron chi connectivity index (χ0n) is 19.1. The van der Waals surface area contributed by atoms with Crippen molar-refractivity contribution < 1.29 is 14.2 Å². The van der Waals surface area contributed by atoms with Crippen molar-refractivity contribution in [2.24, 2.45) is 14.1 Å². The summed E-state index contributed by atoms with van der Waals surface area (Å²) in [5.74, 6) is 2.28. The molecule has 0 spiro atoms. The van der Waals surface area contributed by atoms with Crippen molar-refractivity contribution in [2.45, 2.75) is 6.92 Å². The van der Waals surface area contributed by atoms with Gasteiger partial charge in [0.15, 0.2) is 22.7 Å². The number of imidazole rings is 2. The number of aromatic nitrogens is 5. The van der Waals surface area contributed by atoms with Gasteiger partial charge < -0.3 is 14.2 Å². The highest BCUT2D eigenvalue weighted by Gasteiger charge is 2.23. The van der Waals surface area contributed by atoms with E-state index < -0.39 is 11.2 Å². The first-order valence-corrected chi connectivity index (χ1v) is 11.3. The first-order chi connectivity index (χ1) is 16.9. The standard InChI is InChI=1S/C24H20ClN5O5/c1-4-33-17-7-5-13(9-15(17)25)16-11-29-20-21(27(2)24(32)28(3)22(20)31)26-23(29)30(16)14-6-8-18-19(10-14)35-12-34-18/h5-11H,4,12H2,1-3H3. The zero-order valence-corrected chi connectivity index (χ0v) is 19.9. The lowest BCUT2D eigenvalue weighted by molar-refractivity contribution is 0.174. The summed E-state index contributed by atoms with van der Waals surface area (Å²) >= 11 is 6.50. The van der Waals surface area contributed by atoms with E-state index in [-0.39, 0.29) is 6.79 Å². The largest absolute Gasteiger partial charge is 0.492 e. The van der Waals surface area contributed by atoms with E-state index in [1.165, 1.54) is 11.6 Å². The molecule has 4 heterocycles. The molecule has 1 aliphatic rings. The van der Waals surface area contributed by atoms with Crippen LogP contribution < -0.4 is 25.5 Å². The molecular weight excluding hydrogens is 474 g/mol. The minimum Gasteiger partial charge on any atom is -0.492 e. The van der Waals surface area contributed by atoms with Crippen molar-refractivity contribution in [3.63, 3.8) is 0 Å². The van der Waals surface area contributed by atoms with Crippen LogP contribution in [0.15, 0.2) is 52.2 Å². The van der Waals surface area contributed by atoms with Crippen LogP contribution in [0, 0.1) is 0 Å². The molecule has 0 aliphatic carbocycles. The molecule has 6 rings (SSSR count). The van der Waals surface area contributed by atoms with Gasteiger partial charge in [-0.05, 0) is 37.3 Å². The third kappa shape index (κ3) is 3.06. The predicted molar refractivity (Wildman–Crippen MR) is 130 cm³/mol. The van der Waals surface area contributed by atoms with Crippen LogP contribution >= 0.6 is 11.6 Å². The van der Waals surface area contributed by atoms with Gasteiger partial charge in [0.25, 0.3) is 5.56 Å². The second kappa shape index (κ2) is 7.67. The van der Waals surface area contributed by atoms with Gasteiger partial charge in [0.2, 0.25) is 12.6 Å². The van der Waals surface area contributed by atoms with Crippen LogP contribution in [-0.4, -0.2) is 36.5 Å². The van der Waals surface area contributed by atoms with E-state index in [1.54, 1.807) is 17.5 Å². The van der Waals surface area contributed by atoms with Crippen molar-refractivity contribution >= 4 is 28.5 Å². The summed E-state index contributed by atoms with van der Waals surface area (Å²) in [5, 5.41) is 0.462. The molecule has 35 heavy (non-hydrogen) atoms. The number of ether oxygens (including phenoxy) is 3. The molecule has 0 saturated heterocycles. The van der Waals surface area contributed by atoms with Crippen LogP contribution in [0.2, 0.25) is 5.02 Å². The van der Waals surface area contributed by atoms with E-state index in [4.69, 9.17) is 30.8 Å². The van der Waals surface area contributed by atoms with Gasteiger partial charge in [-0.2, -0.15) is 4.98 Å². The maximum atomic E-state index is 13.1. The van der Waals surface area contributed by atoms with Crippen LogP contribution in [0.25, 0.3) is 33.9 Å². The van der Waals surface area contributed by atoms with Gasteiger partial charge in [-0.25, -0.2) is 4.79 Å². The van der Waals surface area contributed by atoms with Crippen molar-refractivity contribution in [3.05, 3.63) is 68.5 Å². The number of benzene rings is 2. The molecule has 0 atom stereocenters. The van der Waals surface area contributed by atoms with Crippen molar-refractivity contribution in [1.82, 2.24) is 23.1 Å². The van der Waals surface area contributed by atoms with Crippen LogP contribution in [0.3, 0.4) is 0 Å². The fourth-order valence-corrected chi connectivity index (χ4v) is 4.62. The first-order valence-electron chi connectivity index (χ1n) is 10.9. The topological polar surface area (TPSA) is 93.9 Å². The number of rotatable bonds is 4. The lowest BCUT2D eigenvalue weighted by Gasteiger charge is -2.12. The molecule has 5 aromatic rings. The fourth-order valence-electron chi connectivity index (χ4n) is 4.39. The van der Waals surface area contributed by atoms with Crippen molar-refractivity contribution in [3.8, 4) is 34.2 Å². The molecule has 1 aliphatic heterocycles. The third-order valence-electron chi connectivity index (χ3n) is 6.11. The van der Waals surface area contributed by atoms with E-state index in [0.717, 1.165) is 21.5 Å². The van der Waals surface area contributed by atoms with Crippen molar-refractivity contribution in [1.29, 1.82) is 0 Å². The van der Waals surface area contributed by atoms with E-state index in [2.05, 4.69) is 0 Å². The highest BCUT2D eigenvalue weighted by atomic mass is 35.5. The Morgan fingerprint density at radius 3 is 2.63 bits per heavy atom. The van der Waals surface area contributed by atoms with Gasteiger partial charge in [0.05, 0.1) is 23.0 Å². The minimum atomic E-state index is -0.448. The smallest absolute Gasteiger partial charge is 0.332 e. The maximum Gasteiger partial charge on any atom is 0.332 e. The van der Waals surface area contributed by atoms with E-state index in [0.29, 0.717) is 45.8 Å². The molecule has 0 radical (unpaired) electrons. The number of hydrogen-bond donors (Lipinski definition) is 0. The summed E-state index contributed by atoms with van der Waals surface area (Å²) < 4.78 is 22.7. The molecule has 11 heteroatoms. The number of fused-ring (bicyclic) bond motifs is 4. The fraction of sp³-hybridized carbons (Fsp3) is 0.208. The molecule has 10 nitrogen and oxygen atoms in total. The molecular formula is C24H20ClN5O5. The molecule has 0 unspecified atom stereocenters. The summed E-state index contributed by atoms with van der Waals surface area (Å²) in [7, 11) is 3.04. The number of halogens is 1. The molecule has 0 saturated carbocycles. The Balaban J connectivity index is 1.70. The minimum absolute atomic E-state index is 0.145. The quantitative estimate of drug-likeness (QED) is 0.382. The Morgan fingerprint density at radius 2 is 1.86 bits per heavy atom. The second-order valence-corrected chi connectivity index (χ2v) is 8.53. The lowest BCUT2D eigenvalue weighted by Crippen LogP contribution is -2.37. The maximum absolute atomic E-state index is 13.1. The van der Waals surface area contributed by atoms with E-state index in [9.17, 15) is 9.59 Å². The van der Waals surface area contributed by atoms with Crippen LogP contribution in [0.5, 0.6) is 17.2 Å². The summed E-state index contributed by atoms with van der Waals surface area (Å²) in [4.78, 5) is 30.3. The average Bonchev–Trinajstić information content (AvgIpc) is 3.55. The Morgan fingerprint density at radius 1 is 1.06 bits per heavy atom. The Kier molecular flexibility index (Phi) is 4.68. The molecule has 0 N–H and O–H groups in total. The van der Waals surface area contributed by atoms with Gasteiger partial charge in [-0.1, -0.05) is 11.6 Å². The lowest BCUT2D eigenvalue weighted by atomic mass is 10.1. The van der Waals surface area contributed by atoms with Crippen LogP contribution in [0.1, 0.15) is 6.92 Å². The molecule has 0 amide bonds. The molecule has 2 aromatic carbocycles. The Bertz CT molecular complexity index is 1780. The van der Waals surface area contributed by atoms with E-state index >= 15 is 0 Å². The molecule has 0 fully saturated rings. The third-order valence-corrected chi connectivity index (χ3v) is 6.40. The predicted octanol–water partition coefficient (Wildman–Crippen LogP) is 3.12. The molecule has 178 valence electrons. The summed E-state index contributed by atoms with van der Waals surface area (Å²) in [6, 6.07) is 11.1. The molecule has 3 aromatic heterocycles. The highest BCUT2D eigenvalue weighted by molar-refractivity contribution is 6.32. The van der Waals surface area contributed by atoms with Gasteiger partial charge >= 0.3 is 5.69 Å². The number of nitrogens with zero attached hydrogens (tertiary/aromatic N) is 5. The summed E-state index contributed by atoms with van der Waals surface area (Å²) in [6.45, 7) is 2.53. The summed E-state index contributed by atoms with van der Waals surface area (Å²) in [6.07, 6.45) is 1.81. The Hall–Kier alpha value is -4.18. The Labute approximate surface area is 203 Å².